The summed E-state index contributed by atoms with van der Waals surface area (Å²) >= 11 is 5.80. The van der Waals surface area contributed by atoms with Gasteiger partial charge >= 0.3 is 0 Å². The smallest absolute Gasteiger partial charge is 0.169 e. The third kappa shape index (κ3) is 1.67. The molecule has 88 valence electrons. The molecule has 1 fully saturated rings. The topological polar surface area (TPSA) is 55.3 Å². The zero-order valence-electron chi connectivity index (χ0n) is 9.13. The number of anilines is 3. The van der Waals surface area contributed by atoms with Crippen molar-refractivity contribution >= 4 is 28.7 Å². The van der Waals surface area contributed by atoms with Gasteiger partial charge in [0.15, 0.2) is 5.82 Å². The Balaban J connectivity index is 2.52. The van der Waals surface area contributed by atoms with Crippen LogP contribution in [-0.2, 0) is 0 Å². The lowest BCUT2D eigenvalue weighted by Crippen LogP contribution is -2.28. The second kappa shape index (κ2) is 4.01. The van der Waals surface area contributed by atoms with E-state index in [0.717, 1.165) is 19.4 Å². The molecule has 16 heavy (non-hydrogen) atoms. The van der Waals surface area contributed by atoms with Crippen LogP contribution >= 0.6 is 11.6 Å². The first kappa shape index (κ1) is 11.3. The van der Waals surface area contributed by atoms with Crippen molar-refractivity contribution in [2.45, 2.75) is 25.8 Å². The highest BCUT2D eigenvalue weighted by molar-refractivity contribution is 6.33. The van der Waals surface area contributed by atoms with Crippen LogP contribution in [0.3, 0.4) is 0 Å². The van der Waals surface area contributed by atoms with Crippen molar-refractivity contribution in [3.63, 3.8) is 0 Å². The second-order valence-corrected chi connectivity index (χ2v) is 4.59. The third-order valence-corrected chi connectivity index (χ3v) is 3.46. The third-order valence-electron chi connectivity index (χ3n) is 3.08. The Morgan fingerprint density at radius 2 is 2.12 bits per heavy atom. The van der Waals surface area contributed by atoms with E-state index in [4.69, 9.17) is 23.1 Å². The van der Waals surface area contributed by atoms with Gasteiger partial charge in [-0.2, -0.15) is 0 Å². The predicted molar refractivity (Wildman–Crippen MR) is 66.3 cm³/mol. The van der Waals surface area contributed by atoms with Crippen LogP contribution < -0.4 is 16.4 Å². The van der Waals surface area contributed by atoms with E-state index in [1.165, 1.54) is 6.07 Å². The molecule has 0 spiro atoms. The first-order valence-electron chi connectivity index (χ1n) is 5.32. The summed E-state index contributed by atoms with van der Waals surface area (Å²) in [4.78, 5) is 1.95. The monoisotopic (exact) mass is 243 g/mol. The molecule has 0 aromatic heterocycles. The van der Waals surface area contributed by atoms with Crippen LogP contribution in [0.4, 0.5) is 21.5 Å². The average molecular weight is 244 g/mol. The maximum Gasteiger partial charge on any atom is 0.169 e. The molecule has 1 atom stereocenters. The standard InChI is InChI=1S/C11H15ClFN3/c1-6-3-2-4-16(6)11-8(15)5-7(14)9(12)10(11)13/h5-6H,2-4,14-15H2,1H3. The molecule has 0 amide bonds. The second-order valence-electron chi connectivity index (χ2n) is 4.22. The number of nitrogen functional groups attached to an aromatic ring is 2. The molecule has 1 aliphatic rings. The molecule has 0 aliphatic carbocycles. The van der Waals surface area contributed by atoms with E-state index < -0.39 is 5.82 Å². The summed E-state index contributed by atoms with van der Waals surface area (Å²) in [6.45, 7) is 2.86. The van der Waals surface area contributed by atoms with Gasteiger partial charge in [0.2, 0.25) is 0 Å². The molecule has 0 bridgehead atoms. The lowest BCUT2D eigenvalue weighted by atomic mass is 10.2. The van der Waals surface area contributed by atoms with Crippen molar-refractivity contribution in [1.29, 1.82) is 0 Å². The molecule has 0 saturated carbocycles. The zero-order valence-corrected chi connectivity index (χ0v) is 9.89. The van der Waals surface area contributed by atoms with E-state index in [9.17, 15) is 4.39 Å². The minimum Gasteiger partial charge on any atom is -0.397 e. The van der Waals surface area contributed by atoms with E-state index in [1.807, 2.05) is 4.90 Å². The highest BCUT2D eigenvalue weighted by atomic mass is 35.5. The van der Waals surface area contributed by atoms with Crippen LogP contribution in [0.5, 0.6) is 0 Å². The molecule has 4 N–H and O–H groups in total. The van der Waals surface area contributed by atoms with Gasteiger partial charge < -0.3 is 16.4 Å². The zero-order chi connectivity index (χ0) is 11.9. The first-order chi connectivity index (χ1) is 7.52. The number of nitrogens with two attached hydrogens (primary N) is 2. The van der Waals surface area contributed by atoms with Gasteiger partial charge in [-0.25, -0.2) is 4.39 Å². The molecule has 1 heterocycles. The minimum absolute atomic E-state index is 0.0386. The van der Waals surface area contributed by atoms with Crippen LogP contribution in [0.15, 0.2) is 6.07 Å². The summed E-state index contributed by atoms with van der Waals surface area (Å²) in [5.74, 6) is -0.507. The molecule has 1 aromatic rings. The summed E-state index contributed by atoms with van der Waals surface area (Å²) in [5.41, 5.74) is 12.3. The SMILES string of the molecule is CC1CCCN1c1c(N)cc(N)c(Cl)c1F. The quantitative estimate of drug-likeness (QED) is 0.746. The largest absolute Gasteiger partial charge is 0.397 e. The van der Waals surface area contributed by atoms with Crippen LogP contribution in [0.1, 0.15) is 19.8 Å². The Bertz CT molecular complexity index is 422. The first-order valence-corrected chi connectivity index (χ1v) is 5.69. The molecule has 1 unspecified atom stereocenters. The maximum atomic E-state index is 14.0. The Hall–Kier alpha value is -1.16. The van der Waals surface area contributed by atoms with Crippen molar-refractivity contribution in [2.75, 3.05) is 22.9 Å². The molecule has 0 radical (unpaired) electrons. The van der Waals surface area contributed by atoms with E-state index in [0.29, 0.717) is 11.4 Å². The van der Waals surface area contributed by atoms with Crippen LogP contribution in [0.2, 0.25) is 5.02 Å². The van der Waals surface area contributed by atoms with Crippen molar-refractivity contribution in [1.82, 2.24) is 0 Å². The fourth-order valence-electron chi connectivity index (χ4n) is 2.21. The van der Waals surface area contributed by atoms with Crippen LogP contribution in [0, 0.1) is 5.82 Å². The maximum absolute atomic E-state index is 14.0. The van der Waals surface area contributed by atoms with Crippen molar-refractivity contribution in [3.05, 3.63) is 16.9 Å². The average Bonchev–Trinajstić information content (AvgIpc) is 2.62. The van der Waals surface area contributed by atoms with E-state index in [1.54, 1.807) is 0 Å². The number of benzene rings is 1. The normalized spacial score (nSPS) is 20.4. The molecular formula is C11H15ClFN3. The van der Waals surface area contributed by atoms with Crippen molar-refractivity contribution in [3.8, 4) is 0 Å². The predicted octanol–water partition coefficient (Wildman–Crippen LogP) is 2.63. The molecule has 1 saturated heterocycles. The number of hydrogen-bond acceptors (Lipinski definition) is 3. The Kier molecular flexibility index (Phi) is 2.84. The van der Waals surface area contributed by atoms with Gasteiger partial charge in [-0.15, -0.1) is 0 Å². The van der Waals surface area contributed by atoms with Crippen molar-refractivity contribution in [2.24, 2.45) is 0 Å². The summed E-state index contributed by atoms with van der Waals surface area (Å²) in [5, 5.41) is -0.0386. The summed E-state index contributed by atoms with van der Waals surface area (Å²) in [6.07, 6.45) is 2.09. The van der Waals surface area contributed by atoms with E-state index in [2.05, 4.69) is 6.92 Å². The molecule has 2 rings (SSSR count). The molecular weight excluding hydrogens is 229 g/mol. The highest BCUT2D eigenvalue weighted by Crippen LogP contribution is 2.38. The lowest BCUT2D eigenvalue weighted by Gasteiger charge is -2.26. The Morgan fingerprint density at radius 1 is 1.44 bits per heavy atom. The minimum atomic E-state index is -0.507. The number of rotatable bonds is 1. The van der Waals surface area contributed by atoms with Gasteiger partial charge in [0, 0.05) is 12.6 Å². The van der Waals surface area contributed by atoms with Gasteiger partial charge in [0.1, 0.15) is 5.02 Å². The number of halogens is 2. The molecule has 1 aliphatic heterocycles. The van der Waals surface area contributed by atoms with Crippen molar-refractivity contribution < 1.29 is 4.39 Å². The van der Waals surface area contributed by atoms with Gasteiger partial charge in [0.25, 0.3) is 0 Å². The van der Waals surface area contributed by atoms with Crippen LogP contribution in [0.25, 0.3) is 0 Å². The summed E-state index contributed by atoms with van der Waals surface area (Å²) in [7, 11) is 0. The summed E-state index contributed by atoms with van der Waals surface area (Å²) < 4.78 is 14.0. The highest BCUT2D eigenvalue weighted by Gasteiger charge is 2.26. The Labute approximate surface area is 99.2 Å². The fourth-order valence-corrected chi connectivity index (χ4v) is 2.36. The number of hydrogen-bond donors (Lipinski definition) is 2. The van der Waals surface area contributed by atoms with Gasteiger partial charge in [-0.3, -0.25) is 0 Å². The lowest BCUT2D eigenvalue weighted by molar-refractivity contribution is 0.615. The fraction of sp³-hybridized carbons (Fsp3) is 0.455. The van der Waals surface area contributed by atoms with E-state index >= 15 is 0 Å². The van der Waals surface area contributed by atoms with Gasteiger partial charge in [-0.1, -0.05) is 11.6 Å². The van der Waals surface area contributed by atoms with Gasteiger partial charge in [-0.05, 0) is 25.8 Å². The number of nitrogens with zero attached hydrogens (tertiary/aromatic N) is 1. The van der Waals surface area contributed by atoms with Gasteiger partial charge in [0.05, 0.1) is 17.1 Å². The molecule has 3 nitrogen and oxygen atoms in total. The molecule has 5 heteroatoms. The molecule has 1 aromatic carbocycles. The van der Waals surface area contributed by atoms with E-state index in [-0.39, 0.29) is 16.8 Å². The Morgan fingerprint density at radius 3 is 2.69 bits per heavy atom. The summed E-state index contributed by atoms with van der Waals surface area (Å²) in [6, 6.07) is 1.81. The van der Waals surface area contributed by atoms with Crippen LogP contribution in [-0.4, -0.2) is 12.6 Å².